The van der Waals surface area contributed by atoms with Gasteiger partial charge >= 0.3 is 0 Å². The first-order valence-corrected chi connectivity index (χ1v) is 9.21. The third-order valence-electron chi connectivity index (χ3n) is 4.80. The van der Waals surface area contributed by atoms with Crippen molar-refractivity contribution in [1.29, 1.82) is 0 Å². The predicted molar refractivity (Wildman–Crippen MR) is 101 cm³/mol. The lowest BCUT2D eigenvalue weighted by molar-refractivity contribution is -0.126. The van der Waals surface area contributed by atoms with Crippen LogP contribution < -0.4 is 5.32 Å². The van der Waals surface area contributed by atoms with Crippen LogP contribution in [-0.4, -0.2) is 28.7 Å². The molecule has 4 rings (SSSR count). The van der Waals surface area contributed by atoms with Crippen LogP contribution >= 0.6 is 0 Å². The molecule has 1 atom stereocenters. The molecule has 27 heavy (non-hydrogen) atoms. The van der Waals surface area contributed by atoms with Crippen molar-refractivity contribution in [3.8, 4) is 0 Å². The number of benzene rings is 2. The normalized spacial score (nSPS) is 15.0. The molecule has 1 saturated carbocycles. The lowest BCUT2D eigenvalue weighted by Crippen LogP contribution is -2.34. The Kier molecular flexibility index (Phi) is 5.16. The molecule has 1 amide bonds. The SMILES string of the molecule is O=C(COCC1CC1)NC(Cn1cnc2ccccc21)c1ccc(F)cc1. The van der Waals surface area contributed by atoms with E-state index in [1.54, 1.807) is 18.5 Å². The Morgan fingerprint density at radius 3 is 2.78 bits per heavy atom. The molecule has 1 fully saturated rings. The Morgan fingerprint density at radius 2 is 2.00 bits per heavy atom. The smallest absolute Gasteiger partial charge is 0.246 e. The summed E-state index contributed by atoms with van der Waals surface area (Å²) in [4.78, 5) is 16.8. The van der Waals surface area contributed by atoms with Gasteiger partial charge in [-0.25, -0.2) is 9.37 Å². The van der Waals surface area contributed by atoms with Crippen molar-refractivity contribution >= 4 is 16.9 Å². The number of hydrogen-bond acceptors (Lipinski definition) is 3. The number of carbonyl (C=O) groups is 1. The number of ether oxygens (including phenoxy) is 1. The molecule has 0 bridgehead atoms. The second-order valence-corrected chi connectivity index (χ2v) is 7.02. The molecule has 140 valence electrons. The maximum absolute atomic E-state index is 13.3. The highest BCUT2D eigenvalue weighted by Gasteiger charge is 2.22. The molecule has 1 aromatic heterocycles. The number of para-hydroxylation sites is 2. The third-order valence-corrected chi connectivity index (χ3v) is 4.80. The van der Waals surface area contributed by atoms with Crippen LogP contribution in [0.15, 0.2) is 54.9 Å². The molecule has 1 unspecified atom stereocenters. The minimum Gasteiger partial charge on any atom is -0.371 e. The number of rotatable bonds is 8. The van der Waals surface area contributed by atoms with Crippen LogP contribution in [0, 0.1) is 11.7 Å². The summed E-state index contributed by atoms with van der Waals surface area (Å²) in [6.45, 7) is 1.18. The lowest BCUT2D eigenvalue weighted by atomic mass is 10.1. The number of halogens is 1. The van der Waals surface area contributed by atoms with Gasteiger partial charge in [-0.15, -0.1) is 0 Å². The van der Waals surface area contributed by atoms with E-state index in [0.29, 0.717) is 19.1 Å². The maximum Gasteiger partial charge on any atom is 0.246 e. The number of carbonyl (C=O) groups excluding carboxylic acids is 1. The topological polar surface area (TPSA) is 56.1 Å². The zero-order valence-corrected chi connectivity index (χ0v) is 15.0. The Labute approximate surface area is 157 Å². The van der Waals surface area contributed by atoms with E-state index < -0.39 is 0 Å². The van der Waals surface area contributed by atoms with E-state index >= 15 is 0 Å². The maximum atomic E-state index is 13.3. The number of aromatic nitrogens is 2. The van der Waals surface area contributed by atoms with E-state index in [2.05, 4.69) is 10.3 Å². The average Bonchev–Trinajstić information content (AvgIpc) is 3.41. The number of fused-ring (bicyclic) bond motifs is 1. The van der Waals surface area contributed by atoms with Gasteiger partial charge in [0.2, 0.25) is 5.91 Å². The first-order chi connectivity index (χ1) is 13.2. The van der Waals surface area contributed by atoms with Crippen molar-refractivity contribution < 1.29 is 13.9 Å². The van der Waals surface area contributed by atoms with Crippen LogP contribution in [0.4, 0.5) is 4.39 Å². The van der Waals surface area contributed by atoms with Crippen LogP contribution in [0.5, 0.6) is 0 Å². The van der Waals surface area contributed by atoms with E-state index in [0.717, 1.165) is 16.6 Å². The zero-order chi connectivity index (χ0) is 18.6. The summed E-state index contributed by atoms with van der Waals surface area (Å²) in [6, 6.07) is 13.7. The standard InChI is InChI=1S/C21H22FN3O2/c22-17-9-7-16(8-10-17)19(24-21(26)13-27-12-15-5-6-15)11-25-14-23-18-3-1-2-4-20(18)25/h1-4,7-10,14-15,19H,5-6,11-13H2,(H,24,26). The molecule has 3 aromatic rings. The van der Waals surface area contributed by atoms with E-state index in [1.807, 2.05) is 28.8 Å². The molecule has 0 radical (unpaired) electrons. The number of nitrogens with zero attached hydrogens (tertiary/aromatic N) is 2. The van der Waals surface area contributed by atoms with Gasteiger partial charge in [-0.3, -0.25) is 4.79 Å². The molecular formula is C21H22FN3O2. The number of imidazole rings is 1. The van der Waals surface area contributed by atoms with Gasteiger partial charge in [-0.1, -0.05) is 24.3 Å². The zero-order valence-electron chi connectivity index (χ0n) is 15.0. The Hall–Kier alpha value is -2.73. The van der Waals surface area contributed by atoms with Gasteiger partial charge in [-0.05, 0) is 48.6 Å². The minimum absolute atomic E-state index is 0.0405. The quantitative estimate of drug-likeness (QED) is 0.663. The van der Waals surface area contributed by atoms with Gasteiger partial charge in [-0.2, -0.15) is 0 Å². The minimum atomic E-state index is -0.305. The van der Waals surface area contributed by atoms with Crippen molar-refractivity contribution in [2.45, 2.75) is 25.4 Å². The summed E-state index contributed by atoms with van der Waals surface area (Å²) in [6.07, 6.45) is 4.14. The molecule has 2 aromatic carbocycles. The van der Waals surface area contributed by atoms with E-state index in [1.165, 1.54) is 25.0 Å². The number of hydrogen-bond donors (Lipinski definition) is 1. The molecule has 0 aliphatic heterocycles. The summed E-state index contributed by atoms with van der Waals surface area (Å²) >= 11 is 0. The highest BCUT2D eigenvalue weighted by molar-refractivity contribution is 5.78. The van der Waals surface area contributed by atoms with Gasteiger partial charge in [0.05, 0.1) is 30.0 Å². The summed E-state index contributed by atoms with van der Waals surface area (Å²) in [5.41, 5.74) is 2.73. The molecule has 1 N–H and O–H groups in total. The molecule has 5 nitrogen and oxygen atoms in total. The molecule has 0 spiro atoms. The number of amides is 1. The van der Waals surface area contributed by atoms with Gasteiger partial charge < -0.3 is 14.6 Å². The van der Waals surface area contributed by atoms with Gasteiger partial charge in [0.15, 0.2) is 0 Å². The summed E-state index contributed by atoms with van der Waals surface area (Å²) in [5.74, 6) is 0.141. The number of nitrogens with one attached hydrogen (secondary N) is 1. The molecule has 0 saturated heterocycles. The fourth-order valence-corrected chi connectivity index (χ4v) is 3.12. The fraction of sp³-hybridized carbons (Fsp3) is 0.333. The fourth-order valence-electron chi connectivity index (χ4n) is 3.12. The largest absolute Gasteiger partial charge is 0.371 e. The van der Waals surface area contributed by atoms with Gasteiger partial charge in [0.1, 0.15) is 12.4 Å². The highest BCUT2D eigenvalue weighted by atomic mass is 19.1. The Morgan fingerprint density at radius 1 is 1.22 bits per heavy atom. The van der Waals surface area contributed by atoms with Crippen LogP contribution in [0.2, 0.25) is 0 Å². The molecular weight excluding hydrogens is 345 g/mol. The van der Waals surface area contributed by atoms with E-state index in [9.17, 15) is 9.18 Å². The van der Waals surface area contributed by atoms with Crippen LogP contribution in [0.25, 0.3) is 11.0 Å². The monoisotopic (exact) mass is 367 g/mol. The predicted octanol–water partition coefficient (Wildman–Crippen LogP) is 3.46. The first-order valence-electron chi connectivity index (χ1n) is 9.21. The summed E-state index contributed by atoms with van der Waals surface area (Å²) in [7, 11) is 0. The van der Waals surface area contributed by atoms with Crippen molar-refractivity contribution in [3.05, 3.63) is 66.2 Å². The molecule has 1 aliphatic rings. The highest BCUT2D eigenvalue weighted by Crippen LogP contribution is 2.28. The van der Waals surface area contributed by atoms with Gasteiger partial charge in [0, 0.05) is 6.54 Å². The summed E-state index contributed by atoms with van der Waals surface area (Å²) in [5, 5.41) is 3.01. The van der Waals surface area contributed by atoms with Crippen molar-refractivity contribution in [3.63, 3.8) is 0 Å². The lowest BCUT2D eigenvalue weighted by Gasteiger charge is -2.20. The van der Waals surface area contributed by atoms with Crippen molar-refractivity contribution in [2.24, 2.45) is 5.92 Å². The Bertz CT molecular complexity index is 919. The van der Waals surface area contributed by atoms with E-state index in [4.69, 9.17) is 4.74 Å². The van der Waals surface area contributed by atoms with E-state index in [-0.39, 0.29) is 24.4 Å². The Balaban J connectivity index is 1.50. The van der Waals surface area contributed by atoms with Crippen LogP contribution in [0.3, 0.4) is 0 Å². The van der Waals surface area contributed by atoms with Crippen LogP contribution in [-0.2, 0) is 16.1 Å². The molecule has 6 heteroatoms. The summed E-state index contributed by atoms with van der Waals surface area (Å²) < 4.78 is 20.8. The van der Waals surface area contributed by atoms with Crippen molar-refractivity contribution in [2.75, 3.05) is 13.2 Å². The van der Waals surface area contributed by atoms with Gasteiger partial charge in [0.25, 0.3) is 0 Å². The third kappa shape index (κ3) is 4.52. The average molecular weight is 367 g/mol. The molecule has 1 aliphatic carbocycles. The second kappa shape index (κ2) is 7.88. The first kappa shape index (κ1) is 17.7. The van der Waals surface area contributed by atoms with Crippen LogP contribution in [0.1, 0.15) is 24.4 Å². The van der Waals surface area contributed by atoms with Crippen molar-refractivity contribution in [1.82, 2.24) is 14.9 Å². The second-order valence-electron chi connectivity index (χ2n) is 7.02. The molecule has 1 heterocycles.